The molecule has 3 N–H and O–H groups in total. The van der Waals surface area contributed by atoms with Crippen LogP contribution in [0.25, 0.3) is 0 Å². The van der Waals surface area contributed by atoms with Crippen LogP contribution in [0.5, 0.6) is 0 Å². The zero-order chi connectivity index (χ0) is 23.1. The largest absolute Gasteiger partial charge is 0.449 e. The molecule has 0 radical (unpaired) electrons. The molecule has 0 aromatic heterocycles. The van der Waals surface area contributed by atoms with Gasteiger partial charge in [0.15, 0.2) is 0 Å². The third kappa shape index (κ3) is 7.20. The van der Waals surface area contributed by atoms with Gasteiger partial charge in [0.2, 0.25) is 11.8 Å². The minimum atomic E-state index is -0.784. The van der Waals surface area contributed by atoms with Crippen LogP contribution >= 0.6 is 0 Å². The first-order valence-corrected chi connectivity index (χ1v) is 12.3. The Morgan fingerprint density at radius 2 is 1.84 bits per heavy atom. The third-order valence-corrected chi connectivity index (χ3v) is 7.18. The second kappa shape index (κ2) is 11.7. The van der Waals surface area contributed by atoms with Crippen molar-refractivity contribution in [2.45, 2.75) is 83.7 Å². The number of rotatable bonds is 10. The quantitative estimate of drug-likeness (QED) is 0.444. The fourth-order valence-corrected chi connectivity index (χ4v) is 5.69. The van der Waals surface area contributed by atoms with Gasteiger partial charge in [0.05, 0.1) is 12.6 Å². The van der Waals surface area contributed by atoms with Gasteiger partial charge in [-0.05, 0) is 62.2 Å². The number of ether oxygens (including phenoxy) is 1. The molecule has 4 unspecified atom stereocenters. The Kier molecular flexibility index (Phi) is 8.93. The van der Waals surface area contributed by atoms with Crippen molar-refractivity contribution in [3.8, 4) is 0 Å². The van der Waals surface area contributed by atoms with Crippen molar-refractivity contribution >= 4 is 24.2 Å². The highest BCUT2D eigenvalue weighted by Gasteiger charge is 2.33. The molecule has 1 heterocycles. The van der Waals surface area contributed by atoms with E-state index in [9.17, 15) is 19.2 Å². The maximum absolute atomic E-state index is 12.8. The van der Waals surface area contributed by atoms with E-state index in [0.717, 1.165) is 24.7 Å². The highest BCUT2D eigenvalue weighted by atomic mass is 16.5. The zero-order valence-electron chi connectivity index (χ0n) is 19.4. The van der Waals surface area contributed by atoms with Crippen molar-refractivity contribution in [2.75, 3.05) is 13.2 Å². The molecule has 5 atom stereocenters. The van der Waals surface area contributed by atoms with Crippen LogP contribution in [0.4, 0.5) is 4.79 Å². The number of carbonyl (C=O) groups excluding carboxylic acids is 4. The Bertz CT molecular complexity index is 671. The van der Waals surface area contributed by atoms with Gasteiger partial charge in [-0.15, -0.1) is 0 Å². The van der Waals surface area contributed by atoms with Crippen molar-refractivity contribution in [3.63, 3.8) is 0 Å². The number of hydrogen-bond donors (Lipinski definition) is 3. The minimum Gasteiger partial charge on any atom is -0.449 e. The van der Waals surface area contributed by atoms with Gasteiger partial charge < -0.3 is 25.5 Å². The van der Waals surface area contributed by atoms with Crippen LogP contribution in [0.2, 0.25) is 0 Å². The average Bonchev–Trinajstić information content (AvgIpc) is 3.15. The second-order valence-electron chi connectivity index (χ2n) is 10.4. The van der Waals surface area contributed by atoms with E-state index >= 15 is 0 Å². The standard InChI is InChI=1S/C24H39N3O5/c1-15(2)8-21(23(30)26-20(13-28)12-19-6-7-25-22(19)29)27-24(31)32-14-18-10-16-4-3-5-17(9-16)11-18/h13,15-21H,3-12,14H2,1-2H3,(H,25,29)(H,26,30)(H,27,31)/t16?,17?,18?,19?,20?,21-/m0/s1. The molecule has 2 aliphatic carbocycles. The van der Waals surface area contributed by atoms with Crippen LogP contribution < -0.4 is 16.0 Å². The summed E-state index contributed by atoms with van der Waals surface area (Å²) in [6, 6.07) is -1.54. The lowest BCUT2D eigenvalue weighted by Gasteiger charge is -2.38. The summed E-state index contributed by atoms with van der Waals surface area (Å²) in [4.78, 5) is 48.6. The first kappa shape index (κ1) is 24.5. The van der Waals surface area contributed by atoms with Crippen LogP contribution in [0.15, 0.2) is 0 Å². The number of aldehydes is 1. The summed E-state index contributed by atoms with van der Waals surface area (Å²) < 4.78 is 5.51. The van der Waals surface area contributed by atoms with Crippen LogP contribution in [0, 0.1) is 29.6 Å². The van der Waals surface area contributed by atoms with Gasteiger partial charge in [0.1, 0.15) is 12.3 Å². The van der Waals surface area contributed by atoms with Gasteiger partial charge in [-0.25, -0.2) is 4.79 Å². The molecule has 0 aromatic carbocycles. The molecule has 3 amide bonds. The van der Waals surface area contributed by atoms with Crippen LogP contribution in [0.1, 0.15) is 71.6 Å². The molecule has 1 aliphatic heterocycles. The molecule has 3 rings (SSSR count). The molecule has 8 heteroatoms. The Hall–Kier alpha value is -2.12. The van der Waals surface area contributed by atoms with Gasteiger partial charge in [0.25, 0.3) is 0 Å². The van der Waals surface area contributed by atoms with E-state index in [1.54, 1.807) is 0 Å². The Labute approximate surface area is 191 Å². The molecule has 0 aromatic rings. The van der Waals surface area contributed by atoms with Gasteiger partial charge in [0, 0.05) is 12.5 Å². The lowest BCUT2D eigenvalue weighted by Crippen LogP contribution is -2.51. The molecule has 8 nitrogen and oxygen atoms in total. The third-order valence-electron chi connectivity index (χ3n) is 7.18. The van der Waals surface area contributed by atoms with E-state index in [1.165, 1.54) is 25.7 Å². The Morgan fingerprint density at radius 1 is 1.12 bits per heavy atom. The normalized spacial score (nSPS) is 29.0. The highest BCUT2D eigenvalue weighted by Crippen LogP contribution is 2.42. The fraction of sp³-hybridized carbons (Fsp3) is 0.833. The number of nitrogens with one attached hydrogen (secondary N) is 3. The molecular formula is C24H39N3O5. The van der Waals surface area contributed by atoms with Gasteiger partial charge >= 0.3 is 6.09 Å². The fourth-order valence-electron chi connectivity index (χ4n) is 5.69. The van der Waals surface area contributed by atoms with E-state index in [1.807, 2.05) is 13.8 Å². The smallest absolute Gasteiger partial charge is 0.407 e. The SMILES string of the molecule is CC(C)C[C@H](NC(=O)OCC1CC2CCCC(C2)C1)C(=O)NC(C=O)CC1CCNC1=O. The van der Waals surface area contributed by atoms with E-state index in [-0.39, 0.29) is 24.2 Å². The first-order chi connectivity index (χ1) is 15.3. The molecule has 3 aliphatic rings. The zero-order valence-corrected chi connectivity index (χ0v) is 19.4. The topological polar surface area (TPSA) is 114 Å². The first-order valence-electron chi connectivity index (χ1n) is 12.3. The van der Waals surface area contributed by atoms with Crippen molar-refractivity contribution in [3.05, 3.63) is 0 Å². The molecule has 0 spiro atoms. The van der Waals surface area contributed by atoms with E-state index in [4.69, 9.17) is 4.74 Å². The van der Waals surface area contributed by atoms with Gasteiger partial charge in [-0.2, -0.15) is 0 Å². The van der Waals surface area contributed by atoms with Gasteiger partial charge in [-0.1, -0.05) is 33.1 Å². The monoisotopic (exact) mass is 449 g/mol. The maximum atomic E-state index is 12.8. The van der Waals surface area contributed by atoms with E-state index in [2.05, 4.69) is 16.0 Å². The van der Waals surface area contributed by atoms with E-state index < -0.39 is 24.1 Å². The summed E-state index contributed by atoms with van der Waals surface area (Å²) in [5, 5.41) is 8.14. The predicted octanol–water partition coefficient (Wildman–Crippen LogP) is 2.55. The van der Waals surface area contributed by atoms with Crippen LogP contribution in [0.3, 0.4) is 0 Å². The molecule has 32 heavy (non-hydrogen) atoms. The summed E-state index contributed by atoms with van der Waals surface area (Å²) in [5.41, 5.74) is 0. The number of hydrogen-bond acceptors (Lipinski definition) is 5. The number of carbonyl (C=O) groups is 4. The summed E-state index contributed by atoms with van der Waals surface area (Å²) in [5.74, 6) is 1.32. The number of amides is 3. The lowest BCUT2D eigenvalue weighted by molar-refractivity contribution is -0.127. The van der Waals surface area contributed by atoms with Gasteiger partial charge in [-0.3, -0.25) is 9.59 Å². The minimum absolute atomic E-state index is 0.0848. The predicted molar refractivity (Wildman–Crippen MR) is 120 cm³/mol. The lowest BCUT2D eigenvalue weighted by atomic mass is 9.68. The molecule has 1 saturated heterocycles. The van der Waals surface area contributed by atoms with E-state index in [0.29, 0.717) is 38.2 Å². The number of fused-ring (bicyclic) bond motifs is 2. The molecular weight excluding hydrogens is 410 g/mol. The van der Waals surface area contributed by atoms with Crippen molar-refractivity contribution in [1.82, 2.24) is 16.0 Å². The summed E-state index contributed by atoms with van der Waals surface area (Å²) in [7, 11) is 0. The van der Waals surface area contributed by atoms with Crippen molar-refractivity contribution < 1.29 is 23.9 Å². The maximum Gasteiger partial charge on any atom is 0.407 e. The average molecular weight is 450 g/mol. The molecule has 180 valence electrons. The summed E-state index contributed by atoms with van der Waals surface area (Å²) >= 11 is 0. The number of alkyl carbamates (subject to hydrolysis) is 1. The van der Waals surface area contributed by atoms with Crippen LogP contribution in [-0.4, -0.2) is 49.4 Å². The molecule has 2 saturated carbocycles. The Balaban J connectivity index is 1.48. The summed E-state index contributed by atoms with van der Waals surface area (Å²) in [6.07, 6.45) is 8.89. The highest BCUT2D eigenvalue weighted by molar-refractivity contribution is 5.88. The molecule has 3 fully saturated rings. The Morgan fingerprint density at radius 3 is 2.44 bits per heavy atom. The second-order valence-corrected chi connectivity index (χ2v) is 10.4. The molecule has 2 bridgehead atoms. The van der Waals surface area contributed by atoms with Crippen LogP contribution in [-0.2, 0) is 19.1 Å². The van der Waals surface area contributed by atoms with Crippen molar-refractivity contribution in [1.29, 1.82) is 0 Å². The summed E-state index contributed by atoms with van der Waals surface area (Å²) in [6.45, 7) is 4.92. The van der Waals surface area contributed by atoms with Crippen molar-refractivity contribution in [2.24, 2.45) is 29.6 Å².